The standard InChI is InChI=1S/C19H28N4O3.HI/c1-4-14-26-17-9-7-6-8-16(17)15-21-18(20-3)22-10-12-23(13-11-22)19(24)25-5-2;/h4,6-9H,1,5,10-15H2,2-3H3,(H,20,21);1H. The molecule has 0 saturated carbocycles. The summed E-state index contributed by atoms with van der Waals surface area (Å²) < 4.78 is 10.7. The molecule has 1 saturated heterocycles. The Balaban J connectivity index is 0.00000364. The summed E-state index contributed by atoms with van der Waals surface area (Å²) in [6, 6.07) is 7.91. The lowest BCUT2D eigenvalue weighted by Gasteiger charge is -2.35. The molecular weight excluding hydrogens is 459 g/mol. The number of halogens is 1. The molecule has 7 nitrogen and oxygen atoms in total. The molecule has 0 aromatic heterocycles. The first kappa shape index (κ1) is 23.1. The van der Waals surface area contributed by atoms with Crippen molar-refractivity contribution in [2.75, 3.05) is 46.4 Å². The van der Waals surface area contributed by atoms with Gasteiger partial charge < -0.3 is 24.6 Å². The largest absolute Gasteiger partial charge is 0.489 e. The second-order valence-corrected chi connectivity index (χ2v) is 5.78. The lowest BCUT2D eigenvalue weighted by molar-refractivity contribution is 0.0914. The van der Waals surface area contributed by atoms with Gasteiger partial charge >= 0.3 is 6.09 Å². The number of amides is 1. The summed E-state index contributed by atoms with van der Waals surface area (Å²) in [5.74, 6) is 1.65. The van der Waals surface area contributed by atoms with Crippen LogP contribution in [0.15, 0.2) is 41.9 Å². The van der Waals surface area contributed by atoms with E-state index in [-0.39, 0.29) is 30.1 Å². The zero-order chi connectivity index (χ0) is 18.8. The Hall–Kier alpha value is -1.97. The maximum Gasteiger partial charge on any atom is 0.409 e. The van der Waals surface area contributed by atoms with E-state index in [0.29, 0.717) is 45.9 Å². The summed E-state index contributed by atoms with van der Waals surface area (Å²) in [5.41, 5.74) is 1.06. The Bertz CT molecular complexity index is 631. The van der Waals surface area contributed by atoms with Crippen molar-refractivity contribution in [3.63, 3.8) is 0 Å². The summed E-state index contributed by atoms with van der Waals surface area (Å²) in [6.45, 7) is 9.66. The molecule has 1 N–H and O–H groups in total. The first-order valence-corrected chi connectivity index (χ1v) is 8.88. The third-order valence-electron chi connectivity index (χ3n) is 4.08. The molecule has 0 atom stereocenters. The van der Waals surface area contributed by atoms with Crippen LogP contribution >= 0.6 is 24.0 Å². The van der Waals surface area contributed by atoms with E-state index < -0.39 is 0 Å². The number of nitrogens with one attached hydrogen (secondary N) is 1. The van der Waals surface area contributed by atoms with Gasteiger partial charge in [-0.3, -0.25) is 4.99 Å². The number of carbonyl (C=O) groups excluding carboxylic acids is 1. The highest BCUT2D eigenvalue weighted by Crippen LogP contribution is 2.17. The molecule has 27 heavy (non-hydrogen) atoms. The first-order chi connectivity index (χ1) is 12.7. The molecule has 0 unspecified atom stereocenters. The molecule has 0 spiro atoms. The number of carbonyl (C=O) groups is 1. The quantitative estimate of drug-likeness (QED) is 0.289. The van der Waals surface area contributed by atoms with Gasteiger partial charge in [0.1, 0.15) is 12.4 Å². The van der Waals surface area contributed by atoms with Crippen molar-refractivity contribution >= 4 is 36.0 Å². The number of ether oxygens (including phenoxy) is 2. The molecule has 2 rings (SSSR count). The molecule has 1 aliphatic heterocycles. The molecule has 1 heterocycles. The van der Waals surface area contributed by atoms with Crippen molar-refractivity contribution < 1.29 is 14.3 Å². The summed E-state index contributed by atoms with van der Waals surface area (Å²) in [7, 11) is 1.76. The number of hydrogen-bond acceptors (Lipinski definition) is 4. The Morgan fingerprint density at radius 3 is 2.56 bits per heavy atom. The highest BCUT2D eigenvalue weighted by Gasteiger charge is 2.23. The van der Waals surface area contributed by atoms with Gasteiger partial charge in [0.25, 0.3) is 0 Å². The molecule has 0 aliphatic carbocycles. The molecule has 1 amide bonds. The number of hydrogen-bond donors (Lipinski definition) is 1. The predicted octanol–water partition coefficient (Wildman–Crippen LogP) is 2.72. The maximum atomic E-state index is 11.8. The van der Waals surface area contributed by atoms with Gasteiger partial charge in [-0.15, -0.1) is 24.0 Å². The number of benzene rings is 1. The van der Waals surface area contributed by atoms with Gasteiger partial charge in [0.2, 0.25) is 0 Å². The molecule has 1 fully saturated rings. The maximum absolute atomic E-state index is 11.8. The molecule has 1 aromatic rings. The van der Waals surface area contributed by atoms with E-state index in [0.717, 1.165) is 17.3 Å². The zero-order valence-electron chi connectivity index (χ0n) is 16.0. The van der Waals surface area contributed by atoms with E-state index >= 15 is 0 Å². The van der Waals surface area contributed by atoms with Gasteiger partial charge in [0.15, 0.2) is 5.96 Å². The fourth-order valence-corrected chi connectivity index (χ4v) is 2.76. The predicted molar refractivity (Wildman–Crippen MR) is 118 cm³/mol. The molecule has 1 aromatic carbocycles. The molecule has 0 bridgehead atoms. The van der Waals surface area contributed by atoms with Crippen molar-refractivity contribution in [1.29, 1.82) is 0 Å². The molecular formula is C19H29IN4O3. The summed E-state index contributed by atoms with van der Waals surface area (Å²) in [6.07, 6.45) is 1.48. The number of nitrogens with zero attached hydrogens (tertiary/aromatic N) is 3. The highest BCUT2D eigenvalue weighted by molar-refractivity contribution is 14.0. The zero-order valence-corrected chi connectivity index (χ0v) is 18.3. The number of piperazine rings is 1. The fourth-order valence-electron chi connectivity index (χ4n) is 2.76. The van der Waals surface area contributed by atoms with Gasteiger partial charge in [-0.25, -0.2) is 4.79 Å². The fraction of sp³-hybridized carbons (Fsp3) is 0.474. The number of rotatable bonds is 6. The Morgan fingerprint density at radius 2 is 1.93 bits per heavy atom. The Kier molecular flexibility index (Phi) is 10.6. The van der Waals surface area contributed by atoms with Gasteiger partial charge in [0.05, 0.1) is 6.61 Å². The minimum Gasteiger partial charge on any atom is -0.489 e. The number of guanidine groups is 1. The van der Waals surface area contributed by atoms with Crippen LogP contribution < -0.4 is 10.1 Å². The van der Waals surface area contributed by atoms with E-state index in [2.05, 4.69) is 21.8 Å². The van der Waals surface area contributed by atoms with Crippen molar-refractivity contribution in [3.05, 3.63) is 42.5 Å². The smallest absolute Gasteiger partial charge is 0.409 e. The lowest BCUT2D eigenvalue weighted by Crippen LogP contribution is -2.53. The van der Waals surface area contributed by atoms with Crippen LogP contribution in [0.5, 0.6) is 5.75 Å². The van der Waals surface area contributed by atoms with E-state index in [4.69, 9.17) is 9.47 Å². The summed E-state index contributed by atoms with van der Waals surface area (Å²) in [5, 5.41) is 3.38. The van der Waals surface area contributed by atoms with E-state index in [1.807, 2.05) is 31.2 Å². The average molecular weight is 488 g/mol. The van der Waals surface area contributed by atoms with Crippen molar-refractivity contribution in [2.45, 2.75) is 13.5 Å². The van der Waals surface area contributed by atoms with Crippen LogP contribution in [0.1, 0.15) is 12.5 Å². The van der Waals surface area contributed by atoms with E-state index in [9.17, 15) is 4.79 Å². The number of aliphatic imine (C=N–C) groups is 1. The molecule has 150 valence electrons. The van der Waals surface area contributed by atoms with Gasteiger partial charge in [0, 0.05) is 45.3 Å². The van der Waals surface area contributed by atoms with E-state index in [1.54, 1.807) is 18.0 Å². The minimum atomic E-state index is -0.247. The topological polar surface area (TPSA) is 66.4 Å². The van der Waals surface area contributed by atoms with Crippen molar-refractivity contribution in [3.8, 4) is 5.75 Å². The van der Waals surface area contributed by atoms with Gasteiger partial charge in [-0.2, -0.15) is 0 Å². The average Bonchev–Trinajstić information content (AvgIpc) is 2.68. The van der Waals surface area contributed by atoms with Crippen LogP contribution in [0, 0.1) is 0 Å². The molecule has 1 aliphatic rings. The number of para-hydroxylation sites is 1. The summed E-state index contributed by atoms with van der Waals surface area (Å²) >= 11 is 0. The third-order valence-corrected chi connectivity index (χ3v) is 4.08. The Labute approximate surface area is 178 Å². The minimum absolute atomic E-state index is 0. The van der Waals surface area contributed by atoms with Gasteiger partial charge in [-0.1, -0.05) is 30.9 Å². The third kappa shape index (κ3) is 6.93. The van der Waals surface area contributed by atoms with Crippen LogP contribution in [-0.2, 0) is 11.3 Å². The van der Waals surface area contributed by atoms with Crippen LogP contribution in [0.3, 0.4) is 0 Å². The van der Waals surface area contributed by atoms with E-state index in [1.165, 1.54) is 0 Å². The SMILES string of the molecule is C=CCOc1ccccc1CNC(=NC)N1CCN(C(=O)OCC)CC1.I. The van der Waals surface area contributed by atoms with Crippen LogP contribution in [0.25, 0.3) is 0 Å². The second-order valence-electron chi connectivity index (χ2n) is 5.78. The molecule has 8 heteroatoms. The first-order valence-electron chi connectivity index (χ1n) is 8.88. The normalized spacial score (nSPS) is 14.2. The van der Waals surface area contributed by atoms with Crippen molar-refractivity contribution in [1.82, 2.24) is 15.1 Å². The Morgan fingerprint density at radius 1 is 1.26 bits per heavy atom. The highest BCUT2D eigenvalue weighted by atomic mass is 127. The monoisotopic (exact) mass is 488 g/mol. The van der Waals surface area contributed by atoms with Gasteiger partial charge in [-0.05, 0) is 13.0 Å². The summed E-state index contributed by atoms with van der Waals surface area (Å²) in [4.78, 5) is 20.0. The van der Waals surface area contributed by atoms with Crippen LogP contribution in [0.4, 0.5) is 4.79 Å². The second kappa shape index (κ2) is 12.4. The van der Waals surface area contributed by atoms with Crippen LogP contribution in [0.2, 0.25) is 0 Å². The molecule has 0 radical (unpaired) electrons. The lowest BCUT2D eigenvalue weighted by atomic mass is 10.2. The van der Waals surface area contributed by atoms with Crippen LogP contribution in [-0.4, -0.2) is 68.3 Å². The van der Waals surface area contributed by atoms with Crippen molar-refractivity contribution in [2.24, 2.45) is 4.99 Å².